The van der Waals surface area contributed by atoms with Crippen LogP contribution in [0.15, 0.2) is 4.79 Å². The molecule has 100 valence electrons. The highest BCUT2D eigenvalue weighted by molar-refractivity contribution is 5.77. The number of hydrogen-bond donors (Lipinski definition) is 2. The minimum absolute atomic E-state index is 0.0667. The van der Waals surface area contributed by atoms with Gasteiger partial charge in [0.05, 0.1) is 6.54 Å². The van der Waals surface area contributed by atoms with Gasteiger partial charge in [-0.05, 0) is 13.8 Å². The van der Waals surface area contributed by atoms with E-state index in [-0.39, 0.29) is 17.1 Å². The van der Waals surface area contributed by atoms with E-state index in [2.05, 4.69) is 20.3 Å². The van der Waals surface area contributed by atoms with Crippen molar-refractivity contribution in [3.63, 3.8) is 0 Å². The standard InChI is InChI=1S/C11H19N5O2/c1-11(2)6-9(17)12-4-5-16(11)7-8-13-10(18)15(3)14-8/h4-7H2,1-3H3,(H,12,17)(H,13,14,18). The Hall–Kier alpha value is -1.63. The molecule has 2 N–H and O–H groups in total. The van der Waals surface area contributed by atoms with E-state index in [1.807, 2.05) is 13.8 Å². The third-order valence-corrected chi connectivity index (χ3v) is 3.31. The Morgan fingerprint density at radius 2 is 2.11 bits per heavy atom. The summed E-state index contributed by atoms with van der Waals surface area (Å²) >= 11 is 0. The zero-order chi connectivity index (χ0) is 13.3. The van der Waals surface area contributed by atoms with Crippen LogP contribution in [0, 0.1) is 0 Å². The number of amides is 1. The van der Waals surface area contributed by atoms with Crippen molar-refractivity contribution in [3.8, 4) is 0 Å². The Balaban J connectivity index is 2.16. The number of aromatic amines is 1. The van der Waals surface area contributed by atoms with Crippen LogP contribution in [0.2, 0.25) is 0 Å². The molecule has 1 aromatic rings. The van der Waals surface area contributed by atoms with Crippen molar-refractivity contribution >= 4 is 5.91 Å². The average molecular weight is 253 g/mol. The first-order valence-electron chi connectivity index (χ1n) is 6.02. The molecule has 0 aromatic carbocycles. The molecule has 7 nitrogen and oxygen atoms in total. The number of rotatable bonds is 2. The summed E-state index contributed by atoms with van der Waals surface area (Å²) in [6.07, 6.45) is 0.448. The molecule has 1 amide bonds. The summed E-state index contributed by atoms with van der Waals surface area (Å²) in [7, 11) is 1.61. The molecule has 1 fully saturated rings. The van der Waals surface area contributed by atoms with Crippen molar-refractivity contribution < 1.29 is 4.79 Å². The molecule has 0 saturated carbocycles. The predicted molar refractivity (Wildman–Crippen MR) is 65.9 cm³/mol. The number of carbonyl (C=O) groups excluding carboxylic acids is 1. The molecule has 2 rings (SSSR count). The highest BCUT2D eigenvalue weighted by atomic mass is 16.2. The fourth-order valence-corrected chi connectivity index (χ4v) is 2.20. The molecule has 0 radical (unpaired) electrons. The molecule has 0 atom stereocenters. The molecule has 18 heavy (non-hydrogen) atoms. The van der Waals surface area contributed by atoms with E-state index in [9.17, 15) is 9.59 Å². The molecule has 1 aliphatic rings. The summed E-state index contributed by atoms with van der Waals surface area (Å²) in [5.41, 5.74) is -0.457. The lowest BCUT2D eigenvalue weighted by atomic mass is 9.98. The first kappa shape index (κ1) is 12.8. The quantitative estimate of drug-likeness (QED) is 0.723. The fraction of sp³-hybridized carbons (Fsp3) is 0.727. The molecule has 0 spiro atoms. The van der Waals surface area contributed by atoms with Gasteiger partial charge >= 0.3 is 5.69 Å². The topological polar surface area (TPSA) is 83.0 Å². The molecular weight excluding hydrogens is 234 g/mol. The molecule has 0 bridgehead atoms. The van der Waals surface area contributed by atoms with Gasteiger partial charge < -0.3 is 5.32 Å². The first-order chi connectivity index (χ1) is 8.38. The Labute approximate surface area is 105 Å². The van der Waals surface area contributed by atoms with Crippen molar-refractivity contribution in [2.24, 2.45) is 7.05 Å². The van der Waals surface area contributed by atoms with Crippen LogP contribution < -0.4 is 11.0 Å². The molecule has 1 saturated heterocycles. The second-order valence-corrected chi connectivity index (χ2v) is 5.26. The molecule has 0 aliphatic carbocycles. The molecular formula is C11H19N5O2. The van der Waals surface area contributed by atoms with Crippen LogP contribution in [-0.2, 0) is 18.4 Å². The zero-order valence-electron chi connectivity index (χ0n) is 11.0. The highest BCUT2D eigenvalue weighted by Crippen LogP contribution is 2.21. The number of nitrogens with one attached hydrogen (secondary N) is 2. The molecule has 0 unspecified atom stereocenters. The summed E-state index contributed by atoms with van der Waals surface area (Å²) in [4.78, 5) is 27.7. The van der Waals surface area contributed by atoms with Crippen LogP contribution in [0.25, 0.3) is 0 Å². The van der Waals surface area contributed by atoms with Crippen LogP contribution in [0.1, 0.15) is 26.1 Å². The minimum atomic E-state index is -0.241. The lowest BCUT2D eigenvalue weighted by Gasteiger charge is -2.35. The summed E-state index contributed by atoms with van der Waals surface area (Å²) in [6.45, 7) is 5.96. The first-order valence-corrected chi connectivity index (χ1v) is 6.02. The van der Waals surface area contributed by atoms with Gasteiger partial charge in [-0.3, -0.25) is 14.7 Å². The third kappa shape index (κ3) is 2.61. The average Bonchev–Trinajstić information content (AvgIpc) is 2.48. The van der Waals surface area contributed by atoms with Crippen molar-refractivity contribution in [3.05, 3.63) is 16.3 Å². The summed E-state index contributed by atoms with van der Waals surface area (Å²) < 4.78 is 1.28. The van der Waals surface area contributed by atoms with Gasteiger partial charge in [0.15, 0.2) is 0 Å². The zero-order valence-corrected chi connectivity index (χ0v) is 11.0. The maximum absolute atomic E-state index is 11.5. The second-order valence-electron chi connectivity index (χ2n) is 5.26. The van der Waals surface area contributed by atoms with Crippen molar-refractivity contribution in [1.29, 1.82) is 0 Å². The highest BCUT2D eigenvalue weighted by Gasteiger charge is 2.32. The number of nitrogens with zero attached hydrogens (tertiary/aromatic N) is 3. The Kier molecular flexibility index (Phi) is 3.25. The largest absolute Gasteiger partial charge is 0.355 e. The Morgan fingerprint density at radius 3 is 2.72 bits per heavy atom. The number of H-pyrrole nitrogens is 1. The van der Waals surface area contributed by atoms with Crippen LogP contribution in [0.3, 0.4) is 0 Å². The molecule has 1 aromatic heterocycles. The maximum Gasteiger partial charge on any atom is 0.343 e. The smallest absolute Gasteiger partial charge is 0.343 e. The number of aromatic nitrogens is 3. The second kappa shape index (κ2) is 4.56. The van der Waals surface area contributed by atoms with E-state index in [1.165, 1.54) is 4.68 Å². The number of aryl methyl sites for hydroxylation is 1. The number of hydrogen-bond acceptors (Lipinski definition) is 4. The summed E-state index contributed by atoms with van der Waals surface area (Å²) in [5.74, 6) is 0.696. The van der Waals surface area contributed by atoms with Gasteiger partial charge in [-0.1, -0.05) is 0 Å². The van der Waals surface area contributed by atoms with Gasteiger partial charge in [-0.25, -0.2) is 9.48 Å². The van der Waals surface area contributed by atoms with Crippen LogP contribution in [0.5, 0.6) is 0 Å². The predicted octanol–water partition coefficient (Wildman–Crippen LogP) is -0.791. The van der Waals surface area contributed by atoms with Crippen molar-refractivity contribution in [1.82, 2.24) is 25.0 Å². The number of carbonyl (C=O) groups is 1. The normalized spacial score (nSPS) is 20.5. The van der Waals surface area contributed by atoms with Gasteiger partial charge in [0.2, 0.25) is 5.91 Å². The maximum atomic E-state index is 11.5. The van der Waals surface area contributed by atoms with E-state index in [4.69, 9.17) is 0 Å². The van der Waals surface area contributed by atoms with Crippen molar-refractivity contribution in [2.45, 2.75) is 32.4 Å². The van der Waals surface area contributed by atoms with Crippen LogP contribution >= 0.6 is 0 Å². The lowest BCUT2D eigenvalue weighted by molar-refractivity contribution is -0.122. The Morgan fingerprint density at radius 1 is 1.39 bits per heavy atom. The lowest BCUT2D eigenvalue weighted by Crippen LogP contribution is -2.44. The van der Waals surface area contributed by atoms with Gasteiger partial charge in [0.1, 0.15) is 5.82 Å². The SMILES string of the molecule is Cn1nc(CN2CCNC(=O)CC2(C)C)[nH]c1=O. The third-order valence-electron chi connectivity index (χ3n) is 3.31. The molecule has 1 aliphatic heterocycles. The van der Waals surface area contributed by atoms with Crippen LogP contribution in [0.4, 0.5) is 0 Å². The monoisotopic (exact) mass is 253 g/mol. The van der Waals surface area contributed by atoms with E-state index in [0.29, 0.717) is 25.3 Å². The Bertz CT molecular complexity index is 502. The summed E-state index contributed by atoms with van der Waals surface area (Å²) in [5, 5.41) is 6.98. The van der Waals surface area contributed by atoms with Gasteiger partial charge in [-0.15, -0.1) is 0 Å². The van der Waals surface area contributed by atoms with E-state index >= 15 is 0 Å². The van der Waals surface area contributed by atoms with E-state index < -0.39 is 0 Å². The van der Waals surface area contributed by atoms with Gasteiger partial charge in [0.25, 0.3) is 0 Å². The summed E-state index contributed by atoms with van der Waals surface area (Å²) in [6, 6.07) is 0. The molecule has 2 heterocycles. The molecule has 7 heteroatoms. The van der Waals surface area contributed by atoms with Crippen LogP contribution in [-0.4, -0.2) is 44.2 Å². The minimum Gasteiger partial charge on any atom is -0.355 e. The van der Waals surface area contributed by atoms with Gasteiger partial charge in [0, 0.05) is 32.1 Å². The van der Waals surface area contributed by atoms with E-state index in [0.717, 1.165) is 6.54 Å². The van der Waals surface area contributed by atoms with E-state index in [1.54, 1.807) is 7.05 Å². The van der Waals surface area contributed by atoms with Gasteiger partial charge in [-0.2, -0.15) is 5.10 Å². The van der Waals surface area contributed by atoms with Crippen molar-refractivity contribution in [2.75, 3.05) is 13.1 Å². The fourth-order valence-electron chi connectivity index (χ4n) is 2.20.